The van der Waals surface area contributed by atoms with Crippen molar-refractivity contribution in [2.45, 2.75) is 71.2 Å². The van der Waals surface area contributed by atoms with Gasteiger partial charge < -0.3 is 19.2 Å². The summed E-state index contributed by atoms with van der Waals surface area (Å²) in [6, 6.07) is 11.3. The topological polar surface area (TPSA) is 88.3 Å². The fourth-order valence-corrected chi connectivity index (χ4v) is 7.05. The Morgan fingerprint density at radius 3 is 2.62 bits per heavy atom. The van der Waals surface area contributed by atoms with Gasteiger partial charge in [0.1, 0.15) is 35.3 Å². The van der Waals surface area contributed by atoms with Crippen LogP contribution in [0.5, 0.6) is 6.01 Å². The molecule has 2 fully saturated rings. The molecule has 252 valence electrons. The molecule has 0 unspecified atom stereocenters. The Kier molecular flexibility index (Phi) is 9.59. The number of hydrogen-bond donors (Lipinski definition) is 0. The van der Waals surface area contributed by atoms with Crippen LogP contribution in [0.1, 0.15) is 47.5 Å². The molecule has 2 aromatic heterocycles. The minimum Gasteiger partial charge on any atom is -0.462 e. The summed E-state index contributed by atoms with van der Waals surface area (Å²) in [5.74, 6) is -0.168. The first-order valence-electron chi connectivity index (χ1n) is 16.5. The van der Waals surface area contributed by atoms with E-state index in [1.54, 1.807) is 23.2 Å². The lowest BCUT2D eigenvalue weighted by Crippen LogP contribution is -2.57. The van der Waals surface area contributed by atoms with E-state index in [0.717, 1.165) is 24.8 Å². The van der Waals surface area contributed by atoms with Gasteiger partial charge in [-0.3, -0.25) is 14.8 Å². The van der Waals surface area contributed by atoms with Gasteiger partial charge in [-0.05, 0) is 65.5 Å². The lowest BCUT2D eigenvalue weighted by atomic mass is 10.0. The minimum absolute atomic E-state index is 0.0661. The van der Waals surface area contributed by atoms with Crippen molar-refractivity contribution >= 4 is 45.2 Å². The monoisotopic (exact) mass is 673 g/mol. The number of aromatic nitrogens is 3. The number of likely N-dealkylation sites (tertiary alicyclic amines) is 1. The summed E-state index contributed by atoms with van der Waals surface area (Å²) in [6.45, 7) is 19.8. The van der Waals surface area contributed by atoms with Crippen LogP contribution < -0.4 is 9.64 Å². The van der Waals surface area contributed by atoms with Crippen molar-refractivity contribution in [2.75, 3.05) is 44.2 Å². The van der Waals surface area contributed by atoms with Gasteiger partial charge in [-0.25, -0.2) is 15.8 Å². The molecule has 48 heavy (non-hydrogen) atoms. The second kappa shape index (κ2) is 13.7. The van der Waals surface area contributed by atoms with E-state index in [4.69, 9.17) is 32.6 Å². The van der Waals surface area contributed by atoms with Crippen LogP contribution in [0.25, 0.3) is 37.8 Å². The zero-order valence-corrected chi connectivity index (χ0v) is 28.8. The highest BCUT2D eigenvalue weighted by Gasteiger charge is 2.37. The molecule has 2 aromatic carbocycles. The third kappa shape index (κ3) is 6.82. The maximum atomic E-state index is 16.8. The van der Waals surface area contributed by atoms with E-state index >= 15 is 4.39 Å². The van der Waals surface area contributed by atoms with E-state index in [0.29, 0.717) is 59.5 Å². The van der Waals surface area contributed by atoms with Gasteiger partial charge in [-0.15, -0.1) is 0 Å². The Balaban J connectivity index is 1.42. The summed E-state index contributed by atoms with van der Waals surface area (Å²) < 4.78 is 28.7. The van der Waals surface area contributed by atoms with Gasteiger partial charge in [0.25, 0.3) is 0 Å². The number of benzene rings is 2. The summed E-state index contributed by atoms with van der Waals surface area (Å²) >= 11 is 6.62. The van der Waals surface area contributed by atoms with Crippen LogP contribution in [-0.2, 0) is 4.74 Å². The van der Waals surface area contributed by atoms with Crippen molar-refractivity contribution < 1.29 is 18.7 Å². The molecule has 2 aliphatic heterocycles. The van der Waals surface area contributed by atoms with Gasteiger partial charge in [-0.1, -0.05) is 41.9 Å². The fourth-order valence-electron chi connectivity index (χ4n) is 6.77. The number of ether oxygens (including phenoxy) is 2. The summed E-state index contributed by atoms with van der Waals surface area (Å²) in [6.07, 6.45) is 3.19. The lowest BCUT2D eigenvalue weighted by Gasteiger charge is -2.40. The molecule has 2 atom stereocenters. The molecule has 0 bridgehead atoms. The maximum absolute atomic E-state index is 16.8. The van der Waals surface area contributed by atoms with Crippen LogP contribution in [0.3, 0.4) is 0 Å². The third-order valence-corrected chi connectivity index (χ3v) is 9.27. The average molecular weight is 674 g/mol. The van der Waals surface area contributed by atoms with E-state index < -0.39 is 23.6 Å². The predicted octanol–water partition coefficient (Wildman–Crippen LogP) is 7.23. The van der Waals surface area contributed by atoms with E-state index in [-0.39, 0.29) is 29.8 Å². The maximum Gasteiger partial charge on any atom is 0.410 e. The van der Waals surface area contributed by atoms with E-state index in [2.05, 4.69) is 33.6 Å². The van der Waals surface area contributed by atoms with E-state index in [9.17, 15) is 4.79 Å². The standard InChI is InChI=1S/C36H41ClFN7O3/c1-22(2)44-15-9-12-24(44)21-47-34-41-32-27(19-40-31(30(32)38)26-13-7-10-23-11-8-14-28(37)29(23)26)33(42-34)43-16-17-45(25(20-43)18-39-6)35(46)48-36(3,4)5/h7-8,10-11,13-14,19,22,24-25H,9,12,15-18,20-21H2,1-5H3/t24-,25-/m0/s1. The molecule has 0 radical (unpaired) electrons. The number of piperazine rings is 1. The number of carbonyl (C=O) groups is 1. The lowest BCUT2D eigenvalue weighted by molar-refractivity contribution is 0.0155. The molecule has 4 heterocycles. The number of amides is 1. The highest BCUT2D eigenvalue weighted by Crippen LogP contribution is 2.38. The van der Waals surface area contributed by atoms with Crippen LogP contribution in [0.15, 0.2) is 42.6 Å². The van der Waals surface area contributed by atoms with E-state index in [1.807, 2.05) is 49.9 Å². The summed E-state index contributed by atoms with van der Waals surface area (Å²) in [5.41, 5.74) is 0.0829. The second-order valence-electron chi connectivity index (χ2n) is 13.7. The Bertz CT molecular complexity index is 1870. The number of rotatable bonds is 7. The smallest absolute Gasteiger partial charge is 0.410 e. The van der Waals surface area contributed by atoms with Crippen molar-refractivity contribution in [3.05, 3.63) is 64.9 Å². The highest BCUT2D eigenvalue weighted by molar-refractivity contribution is 6.36. The van der Waals surface area contributed by atoms with Crippen LogP contribution in [-0.4, -0.2) is 93.9 Å². The number of pyridine rings is 1. The number of nitrogens with zero attached hydrogens (tertiary/aromatic N) is 7. The van der Waals surface area contributed by atoms with Crippen molar-refractivity contribution in [1.29, 1.82) is 0 Å². The van der Waals surface area contributed by atoms with E-state index in [1.165, 1.54) is 0 Å². The van der Waals surface area contributed by atoms with Crippen molar-refractivity contribution in [3.63, 3.8) is 0 Å². The number of carbonyl (C=O) groups excluding carboxylic acids is 1. The van der Waals surface area contributed by atoms with Gasteiger partial charge in [0.15, 0.2) is 5.82 Å². The molecule has 0 aliphatic carbocycles. The van der Waals surface area contributed by atoms with Crippen LogP contribution in [0, 0.1) is 12.4 Å². The summed E-state index contributed by atoms with van der Waals surface area (Å²) in [5, 5.41) is 2.48. The first-order valence-corrected chi connectivity index (χ1v) is 16.8. The molecule has 6 rings (SSSR count). The quantitative estimate of drug-likeness (QED) is 0.190. The fraction of sp³-hybridized carbons (Fsp3) is 0.472. The van der Waals surface area contributed by atoms with Gasteiger partial charge in [0, 0.05) is 53.9 Å². The zero-order valence-electron chi connectivity index (χ0n) is 28.0. The van der Waals surface area contributed by atoms with Crippen LogP contribution in [0.4, 0.5) is 15.0 Å². The summed E-state index contributed by atoms with van der Waals surface area (Å²) in [4.78, 5) is 36.7. The Labute approximate surface area is 285 Å². The van der Waals surface area contributed by atoms with Crippen LogP contribution >= 0.6 is 11.6 Å². The number of fused-ring (bicyclic) bond motifs is 2. The average Bonchev–Trinajstić information content (AvgIpc) is 3.52. The van der Waals surface area contributed by atoms with Gasteiger partial charge >= 0.3 is 12.1 Å². The van der Waals surface area contributed by atoms with Crippen molar-refractivity contribution in [1.82, 2.24) is 24.8 Å². The molecule has 2 saturated heterocycles. The molecule has 4 aromatic rings. The largest absolute Gasteiger partial charge is 0.462 e. The van der Waals surface area contributed by atoms with Gasteiger partial charge in [-0.2, -0.15) is 9.97 Å². The number of halogens is 2. The number of anilines is 1. The first-order chi connectivity index (χ1) is 22.9. The van der Waals surface area contributed by atoms with Crippen molar-refractivity contribution in [2.24, 2.45) is 0 Å². The third-order valence-electron chi connectivity index (χ3n) is 8.96. The minimum atomic E-state index is -0.675. The molecular formula is C36H41ClFN7O3. The predicted molar refractivity (Wildman–Crippen MR) is 186 cm³/mol. The van der Waals surface area contributed by atoms with Crippen LogP contribution in [0.2, 0.25) is 5.02 Å². The molecule has 0 N–H and O–H groups in total. The Hall–Kier alpha value is -4.27. The normalized spacial score (nSPS) is 18.9. The SMILES string of the molecule is [C-]#[N+]C[C@H]1CN(c2nc(OC[C@@H]3CCCN3C(C)C)nc3c(F)c(-c4cccc5cccc(Cl)c45)ncc23)CCN1C(=O)OC(C)(C)C. The molecule has 0 spiro atoms. The zero-order chi connectivity index (χ0) is 34.2. The molecule has 10 nitrogen and oxygen atoms in total. The van der Waals surface area contributed by atoms with Crippen molar-refractivity contribution in [3.8, 4) is 17.3 Å². The molecule has 1 amide bonds. The molecule has 2 aliphatic rings. The number of hydrogen-bond acceptors (Lipinski definition) is 8. The Morgan fingerprint density at radius 2 is 1.90 bits per heavy atom. The summed E-state index contributed by atoms with van der Waals surface area (Å²) in [7, 11) is 0. The molecule has 12 heteroatoms. The second-order valence-corrected chi connectivity index (χ2v) is 14.1. The highest BCUT2D eigenvalue weighted by atomic mass is 35.5. The molecular weight excluding hydrogens is 633 g/mol. The van der Waals surface area contributed by atoms with Gasteiger partial charge in [0.2, 0.25) is 6.54 Å². The molecule has 0 saturated carbocycles. The van der Waals surface area contributed by atoms with Gasteiger partial charge in [0.05, 0.1) is 5.39 Å². The Morgan fingerprint density at radius 1 is 1.12 bits per heavy atom. The first kappa shape index (κ1) is 33.6.